The van der Waals surface area contributed by atoms with Crippen LogP contribution in [-0.4, -0.2) is 39.7 Å². The lowest BCUT2D eigenvalue weighted by molar-refractivity contribution is -0.142. The average Bonchev–Trinajstić information content (AvgIpc) is 2.55. The van der Waals surface area contributed by atoms with Gasteiger partial charge in [-0.1, -0.05) is 5.21 Å². The summed E-state index contributed by atoms with van der Waals surface area (Å²) in [6.07, 6.45) is 0.225. The Hall–Kier alpha value is -1.21. The third-order valence-corrected chi connectivity index (χ3v) is 1.30. The Morgan fingerprint density at radius 1 is 1.77 bits per heavy atom. The molecule has 1 aromatic heterocycles. The number of ether oxygens (including phenoxy) is 1. The van der Waals surface area contributed by atoms with Crippen molar-refractivity contribution in [1.29, 1.82) is 0 Å². The summed E-state index contributed by atoms with van der Waals surface area (Å²) in [6, 6.07) is -0.729. The van der Waals surface area contributed by atoms with E-state index in [2.05, 4.69) is 25.4 Å². The summed E-state index contributed by atoms with van der Waals surface area (Å²) in [5, 5.41) is 12.8. The minimum Gasteiger partial charge on any atom is -0.468 e. The van der Waals surface area contributed by atoms with E-state index in [4.69, 9.17) is 5.73 Å². The molecule has 0 radical (unpaired) electrons. The lowest BCUT2D eigenvalue weighted by Crippen LogP contribution is -2.34. The number of halogens is 1. The topological polar surface area (TPSA) is 107 Å². The number of nitrogens with two attached hydrogens (primary N) is 1. The number of esters is 1. The number of rotatable bonds is 3. The van der Waals surface area contributed by atoms with Crippen molar-refractivity contribution in [2.24, 2.45) is 5.73 Å². The van der Waals surface area contributed by atoms with Gasteiger partial charge in [0, 0.05) is 6.42 Å². The number of hydrogen-bond acceptors (Lipinski definition) is 6. The van der Waals surface area contributed by atoms with Crippen LogP contribution >= 0.6 is 12.4 Å². The summed E-state index contributed by atoms with van der Waals surface area (Å²) in [4.78, 5) is 10.8. The van der Waals surface area contributed by atoms with E-state index in [1.165, 1.54) is 7.11 Å². The fourth-order valence-electron chi connectivity index (χ4n) is 0.700. The predicted molar refractivity (Wildman–Crippen MR) is 45.1 cm³/mol. The molecule has 3 N–H and O–H groups in total. The zero-order valence-electron chi connectivity index (χ0n) is 6.93. The number of methoxy groups -OCH3 is 1. The molecule has 0 amide bonds. The number of tetrazole rings is 1. The summed E-state index contributed by atoms with van der Waals surface area (Å²) in [5.41, 5.74) is 5.42. The number of nitrogens with one attached hydrogen (secondary N) is 1. The predicted octanol–water partition coefficient (Wildman–Crippen LogP) is -1.34. The van der Waals surface area contributed by atoms with Crippen molar-refractivity contribution < 1.29 is 9.53 Å². The van der Waals surface area contributed by atoms with Gasteiger partial charge < -0.3 is 10.5 Å². The van der Waals surface area contributed by atoms with E-state index in [-0.39, 0.29) is 18.8 Å². The molecule has 1 aromatic rings. The second-order valence-electron chi connectivity index (χ2n) is 2.16. The normalized spacial score (nSPS) is 11.5. The van der Waals surface area contributed by atoms with E-state index in [9.17, 15) is 4.79 Å². The van der Waals surface area contributed by atoms with Gasteiger partial charge in [0.2, 0.25) is 0 Å². The molecule has 0 saturated heterocycles. The molecule has 0 aliphatic rings. The molecule has 0 spiro atoms. The third-order valence-electron chi connectivity index (χ3n) is 1.30. The maximum atomic E-state index is 10.8. The van der Waals surface area contributed by atoms with Crippen molar-refractivity contribution in [1.82, 2.24) is 20.6 Å². The zero-order chi connectivity index (χ0) is 8.97. The lowest BCUT2D eigenvalue weighted by Gasteiger charge is -2.04. The molecule has 74 valence electrons. The summed E-state index contributed by atoms with van der Waals surface area (Å²) in [7, 11) is 1.28. The van der Waals surface area contributed by atoms with Crippen molar-refractivity contribution in [2.45, 2.75) is 12.5 Å². The number of aromatic amines is 1. The highest BCUT2D eigenvalue weighted by Crippen LogP contribution is 1.92. The van der Waals surface area contributed by atoms with Gasteiger partial charge in [-0.3, -0.25) is 4.79 Å². The Kier molecular flexibility index (Phi) is 4.93. The molecule has 1 atom stereocenters. The first-order valence-electron chi connectivity index (χ1n) is 3.29. The largest absolute Gasteiger partial charge is 0.468 e. The highest BCUT2D eigenvalue weighted by atomic mass is 35.5. The first kappa shape index (κ1) is 11.8. The quantitative estimate of drug-likeness (QED) is 0.595. The highest BCUT2D eigenvalue weighted by Gasteiger charge is 2.16. The van der Waals surface area contributed by atoms with Crippen molar-refractivity contribution >= 4 is 18.4 Å². The van der Waals surface area contributed by atoms with Gasteiger partial charge in [-0.25, -0.2) is 0 Å². The van der Waals surface area contributed by atoms with Crippen LogP contribution in [0.1, 0.15) is 5.82 Å². The van der Waals surface area contributed by atoms with E-state index in [0.717, 1.165) is 0 Å². The van der Waals surface area contributed by atoms with Crippen LogP contribution < -0.4 is 5.73 Å². The van der Waals surface area contributed by atoms with Gasteiger partial charge in [-0.2, -0.15) is 5.21 Å². The maximum Gasteiger partial charge on any atom is 0.323 e. The minimum absolute atomic E-state index is 0. The molecule has 8 heteroatoms. The zero-order valence-corrected chi connectivity index (χ0v) is 7.74. The highest BCUT2D eigenvalue weighted by molar-refractivity contribution is 5.85. The molecular weight excluding hydrogens is 198 g/mol. The maximum absolute atomic E-state index is 10.8. The van der Waals surface area contributed by atoms with Crippen molar-refractivity contribution in [2.75, 3.05) is 7.11 Å². The van der Waals surface area contributed by atoms with Gasteiger partial charge in [-0.15, -0.1) is 22.6 Å². The molecule has 0 aromatic carbocycles. The van der Waals surface area contributed by atoms with Gasteiger partial charge in [0.15, 0.2) is 5.82 Å². The Bertz CT molecular complexity index is 251. The molecule has 1 heterocycles. The summed E-state index contributed by atoms with van der Waals surface area (Å²) >= 11 is 0. The van der Waals surface area contributed by atoms with E-state index in [0.29, 0.717) is 5.82 Å². The number of hydrogen-bond donors (Lipinski definition) is 2. The van der Waals surface area contributed by atoms with Gasteiger partial charge in [-0.05, 0) is 0 Å². The smallest absolute Gasteiger partial charge is 0.323 e. The summed E-state index contributed by atoms with van der Waals surface area (Å²) in [5.74, 6) is -0.0901. The van der Waals surface area contributed by atoms with E-state index < -0.39 is 12.0 Å². The van der Waals surface area contributed by atoms with Crippen LogP contribution in [0.25, 0.3) is 0 Å². The Labute approximate surface area is 80.4 Å². The molecule has 0 aliphatic carbocycles. The van der Waals surface area contributed by atoms with Crippen molar-refractivity contribution in [3.05, 3.63) is 5.82 Å². The Morgan fingerprint density at radius 2 is 2.46 bits per heavy atom. The van der Waals surface area contributed by atoms with Crippen LogP contribution in [0.4, 0.5) is 0 Å². The molecule has 0 aliphatic heterocycles. The van der Waals surface area contributed by atoms with Crippen LogP contribution in [0.15, 0.2) is 0 Å². The minimum atomic E-state index is -0.729. The fourth-order valence-corrected chi connectivity index (χ4v) is 0.700. The fraction of sp³-hybridized carbons (Fsp3) is 0.600. The molecule has 1 unspecified atom stereocenters. The van der Waals surface area contributed by atoms with E-state index in [1.54, 1.807) is 0 Å². The van der Waals surface area contributed by atoms with Crippen LogP contribution in [-0.2, 0) is 16.0 Å². The summed E-state index contributed by atoms with van der Waals surface area (Å²) in [6.45, 7) is 0. The first-order chi connectivity index (χ1) is 5.74. The van der Waals surface area contributed by atoms with Gasteiger partial charge in [0.05, 0.1) is 7.11 Å². The monoisotopic (exact) mass is 207 g/mol. The summed E-state index contributed by atoms with van der Waals surface area (Å²) < 4.78 is 4.41. The van der Waals surface area contributed by atoms with Crippen molar-refractivity contribution in [3.8, 4) is 0 Å². The molecule has 0 bridgehead atoms. The van der Waals surface area contributed by atoms with Crippen LogP contribution in [0.2, 0.25) is 0 Å². The SMILES string of the molecule is COC(=O)C(N)Cc1nn[nH]n1.Cl. The number of nitrogens with zero attached hydrogens (tertiary/aromatic N) is 3. The van der Waals surface area contributed by atoms with E-state index >= 15 is 0 Å². The number of carbonyl (C=O) groups is 1. The molecule has 0 fully saturated rings. The molecule has 13 heavy (non-hydrogen) atoms. The molecule has 0 saturated carbocycles. The Morgan fingerprint density at radius 3 is 2.92 bits per heavy atom. The van der Waals surface area contributed by atoms with E-state index in [1.807, 2.05) is 0 Å². The molecular formula is C5H10ClN5O2. The first-order valence-corrected chi connectivity index (χ1v) is 3.29. The second kappa shape index (κ2) is 5.44. The number of H-pyrrole nitrogens is 1. The molecule has 1 rings (SSSR count). The standard InChI is InChI=1S/C5H9N5O2.ClH/c1-12-5(11)3(6)2-4-7-9-10-8-4;/h3H,2,6H2,1H3,(H,7,8,9,10);1H. The van der Waals surface area contributed by atoms with Gasteiger partial charge in [0.25, 0.3) is 0 Å². The van der Waals surface area contributed by atoms with Gasteiger partial charge in [0.1, 0.15) is 6.04 Å². The number of carbonyl (C=O) groups excluding carboxylic acids is 1. The van der Waals surface area contributed by atoms with Crippen LogP contribution in [0.5, 0.6) is 0 Å². The lowest BCUT2D eigenvalue weighted by atomic mass is 10.2. The average molecular weight is 208 g/mol. The molecule has 7 nitrogen and oxygen atoms in total. The van der Waals surface area contributed by atoms with Crippen molar-refractivity contribution in [3.63, 3.8) is 0 Å². The van der Waals surface area contributed by atoms with Crippen LogP contribution in [0, 0.1) is 0 Å². The third kappa shape index (κ3) is 3.34. The number of aromatic nitrogens is 4. The van der Waals surface area contributed by atoms with Crippen LogP contribution in [0.3, 0.4) is 0 Å². The van der Waals surface area contributed by atoms with Gasteiger partial charge >= 0.3 is 5.97 Å². The Balaban J connectivity index is 0.00000144. The second-order valence-corrected chi connectivity index (χ2v) is 2.16.